The zero-order valence-corrected chi connectivity index (χ0v) is 42.1. The minimum atomic E-state index is -0.851. The van der Waals surface area contributed by atoms with Crippen LogP contribution in [0.3, 0.4) is 0 Å². The van der Waals surface area contributed by atoms with Crippen LogP contribution in [-0.2, 0) is 21.7 Å². The lowest BCUT2D eigenvalue weighted by molar-refractivity contribution is 0.481. The van der Waals surface area contributed by atoms with Crippen LogP contribution in [0.4, 0.5) is 17.1 Å². The lowest BCUT2D eigenvalue weighted by atomic mass is 9.62. The van der Waals surface area contributed by atoms with Crippen molar-refractivity contribution in [3.63, 3.8) is 0 Å². The molecule has 0 aliphatic carbocycles. The van der Waals surface area contributed by atoms with Gasteiger partial charge in [0, 0.05) is 22.8 Å². The van der Waals surface area contributed by atoms with E-state index in [0.29, 0.717) is 0 Å². The Balaban J connectivity index is 1.22. The molecular formula is C65H63N3O. The number of ether oxygens (including phenoxy) is 1. The zero-order chi connectivity index (χ0) is 48.5. The van der Waals surface area contributed by atoms with Crippen molar-refractivity contribution in [2.45, 2.75) is 97.8 Å². The first-order valence-corrected chi connectivity index (χ1v) is 24.4. The number of rotatable bonds is 7. The summed E-state index contributed by atoms with van der Waals surface area (Å²) in [4.78, 5) is 13.0. The third-order valence-electron chi connectivity index (χ3n) is 14.1. The van der Waals surface area contributed by atoms with Gasteiger partial charge in [0.25, 0.3) is 0 Å². The summed E-state index contributed by atoms with van der Waals surface area (Å²) >= 11 is 0. The van der Waals surface area contributed by atoms with Crippen molar-refractivity contribution >= 4 is 28.0 Å². The highest BCUT2D eigenvalue weighted by atomic mass is 16.5. The Kier molecular flexibility index (Phi) is 11.2. The van der Waals surface area contributed by atoms with Crippen LogP contribution in [0.5, 0.6) is 11.5 Å². The molecule has 0 amide bonds. The van der Waals surface area contributed by atoms with Crippen molar-refractivity contribution in [1.29, 1.82) is 0 Å². The quantitative estimate of drug-likeness (QED) is 0.160. The van der Waals surface area contributed by atoms with Crippen molar-refractivity contribution in [3.8, 4) is 33.9 Å². The average Bonchev–Trinajstić information content (AvgIpc) is 3.32. The van der Waals surface area contributed by atoms with E-state index in [4.69, 9.17) is 14.7 Å². The number of pyridine rings is 2. The summed E-state index contributed by atoms with van der Waals surface area (Å²) in [6.45, 7) is 25.0. The monoisotopic (exact) mass is 901 g/mol. The molecule has 0 fully saturated rings. The molecule has 1 aliphatic rings. The first-order chi connectivity index (χ1) is 32.9. The van der Waals surface area contributed by atoms with E-state index in [-0.39, 0.29) is 16.2 Å². The van der Waals surface area contributed by atoms with E-state index in [1.165, 1.54) is 44.5 Å². The maximum atomic E-state index is 7.18. The van der Waals surface area contributed by atoms with Gasteiger partial charge >= 0.3 is 0 Å². The van der Waals surface area contributed by atoms with Gasteiger partial charge in [-0.15, -0.1) is 0 Å². The highest BCUT2D eigenvalue weighted by molar-refractivity contribution is 5.90. The summed E-state index contributed by atoms with van der Waals surface area (Å²) in [6.07, 6.45) is 1.94. The van der Waals surface area contributed by atoms with Crippen LogP contribution >= 0.6 is 0 Å². The van der Waals surface area contributed by atoms with Crippen LogP contribution in [0.1, 0.15) is 113 Å². The Morgan fingerprint density at radius 2 is 1.07 bits per heavy atom. The van der Waals surface area contributed by atoms with Crippen molar-refractivity contribution in [3.05, 3.63) is 232 Å². The van der Waals surface area contributed by atoms with Crippen LogP contribution in [0.2, 0.25) is 0 Å². The van der Waals surface area contributed by atoms with Gasteiger partial charge in [0.15, 0.2) is 0 Å². The fourth-order valence-electron chi connectivity index (χ4n) is 10.4. The molecule has 9 aromatic rings. The summed E-state index contributed by atoms with van der Waals surface area (Å²) < 4.78 is 7.18. The highest BCUT2D eigenvalue weighted by Crippen LogP contribution is 2.59. The number of hydrogen-bond acceptors (Lipinski definition) is 4. The molecule has 4 heteroatoms. The van der Waals surface area contributed by atoms with Crippen LogP contribution < -0.4 is 9.64 Å². The van der Waals surface area contributed by atoms with Crippen molar-refractivity contribution < 1.29 is 4.74 Å². The first-order valence-electron chi connectivity index (χ1n) is 24.4. The largest absolute Gasteiger partial charge is 0.457 e. The summed E-state index contributed by atoms with van der Waals surface area (Å²) in [5, 5.41) is 1.11. The third-order valence-corrected chi connectivity index (χ3v) is 14.1. The molecular weight excluding hydrogens is 839 g/mol. The summed E-state index contributed by atoms with van der Waals surface area (Å²) in [5.74, 6) is 1.48. The molecule has 3 heterocycles. The maximum absolute atomic E-state index is 7.18. The molecule has 1 aliphatic heterocycles. The Hall–Kier alpha value is -7.30. The number of anilines is 3. The standard InChI is InChI=1S/C65H63N3O/c1-42-18-16-19-43(2)61(42)46-36-45(57-32-25-44-20-12-13-23-56(44)67-57)37-53(38-46)69-52-22-17-21-50(39-52)65(60-24-14-15-35-66-60)54-40-48(63(6,7)8)28-33-58(54)68(51-30-26-47(27-31-51)62(3,4)5)59-34-29-49(41-55(59)65)64(9,10)11/h12-41H,1-11H3. The molecule has 4 nitrogen and oxygen atoms in total. The van der Waals surface area contributed by atoms with Gasteiger partial charge in [0.1, 0.15) is 11.5 Å². The number of nitrogens with zero attached hydrogens (tertiary/aromatic N) is 3. The van der Waals surface area contributed by atoms with E-state index in [1.54, 1.807) is 0 Å². The minimum Gasteiger partial charge on any atom is -0.457 e. The van der Waals surface area contributed by atoms with E-state index in [2.05, 4.69) is 245 Å². The van der Waals surface area contributed by atoms with Gasteiger partial charge in [-0.05, 0) is 165 Å². The lowest BCUT2D eigenvalue weighted by Gasteiger charge is -2.47. The number of aromatic nitrogens is 2. The predicted octanol–water partition coefficient (Wildman–Crippen LogP) is 17.4. The molecule has 0 radical (unpaired) electrons. The number of para-hydroxylation sites is 1. The van der Waals surface area contributed by atoms with E-state index >= 15 is 0 Å². The van der Waals surface area contributed by atoms with Crippen molar-refractivity contribution in [2.24, 2.45) is 0 Å². The molecule has 10 rings (SSSR count). The molecule has 0 unspecified atom stereocenters. The molecule has 0 bridgehead atoms. The Morgan fingerprint density at radius 1 is 0.478 bits per heavy atom. The Labute approximate surface area is 409 Å². The Bertz CT molecular complexity index is 3300. The lowest BCUT2D eigenvalue weighted by Crippen LogP contribution is -2.39. The van der Waals surface area contributed by atoms with E-state index in [0.717, 1.165) is 67.5 Å². The molecule has 0 saturated heterocycles. The van der Waals surface area contributed by atoms with Crippen molar-refractivity contribution in [1.82, 2.24) is 9.97 Å². The summed E-state index contributed by atoms with van der Waals surface area (Å²) in [7, 11) is 0. The molecule has 0 spiro atoms. The van der Waals surface area contributed by atoms with Crippen LogP contribution in [0.25, 0.3) is 33.3 Å². The molecule has 2 aromatic heterocycles. The molecule has 0 N–H and O–H groups in total. The van der Waals surface area contributed by atoms with Gasteiger partial charge in [-0.3, -0.25) is 4.98 Å². The van der Waals surface area contributed by atoms with Crippen molar-refractivity contribution in [2.75, 3.05) is 4.90 Å². The summed E-state index contributed by atoms with van der Waals surface area (Å²) in [6, 6.07) is 64.1. The minimum absolute atomic E-state index is 0.0241. The van der Waals surface area contributed by atoms with Gasteiger partial charge in [-0.2, -0.15) is 0 Å². The fraction of sp³-hybridized carbons (Fsp3) is 0.231. The van der Waals surface area contributed by atoms with Gasteiger partial charge in [0.05, 0.1) is 33.7 Å². The second kappa shape index (κ2) is 17.0. The van der Waals surface area contributed by atoms with E-state index in [1.807, 2.05) is 18.3 Å². The summed E-state index contributed by atoms with van der Waals surface area (Å²) in [5.41, 5.74) is 18.0. The SMILES string of the molecule is Cc1cccc(C)c1-c1cc(Oc2cccc(C3(c4ccccn4)c4cc(C(C)(C)C)ccc4N(c4ccc(C(C)(C)C)cc4)c4ccc(C(C)(C)C)cc43)c2)cc(-c2ccc3ccccc3n2)c1. The van der Waals surface area contributed by atoms with Gasteiger partial charge < -0.3 is 9.64 Å². The molecule has 344 valence electrons. The highest BCUT2D eigenvalue weighted by Gasteiger charge is 2.49. The number of fused-ring (bicyclic) bond motifs is 3. The molecule has 0 atom stereocenters. The molecule has 0 saturated carbocycles. The normalized spacial score (nSPS) is 13.5. The second-order valence-electron chi connectivity index (χ2n) is 22.1. The number of hydrogen-bond donors (Lipinski definition) is 0. The fourth-order valence-corrected chi connectivity index (χ4v) is 10.4. The van der Waals surface area contributed by atoms with Crippen LogP contribution in [-0.4, -0.2) is 9.97 Å². The number of benzene rings is 7. The second-order valence-corrected chi connectivity index (χ2v) is 22.1. The Morgan fingerprint density at radius 3 is 1.70 bits per heavy atom. The molecule has 69 heavy (non-hydrogen) atoms. The van der Waals surface area contributed by atoms with Crippen LogP contribution in [0.15, 0.2) is 182 Å². The van der Waals surface area contributed by atoms with Gasteiger partial charge in [0.2, 0.25) is 0 Å². The topological polar surface area (TPSA) is 38.2 Å². The maximum Gasteiger partial charge on any atom is 0.128 e. The van der Waals surface area contributed by atoms with E-state index in [9.17, 15) is 0 Å². The first kappa shape index (κ1) is 45.5. The third kappa shape index (κ3) is 8.30. The molecule has 7 aromatic carbocycles. The van der Waals surface area contributed by atoms with Gasteiger partial charge in [-0.1, -0.05) is 159 Å². The zero-order valence-electron chi connectivity index (χ0n) is 42.1. The number of aryl methyl sites for hydroxylation is 2. The predicted molar refractivity (Wildman–Crippen MR) is 289 cm³/mol. The average molecular weight is 902 g/mol. The van der Waals surface area contributed by atoms with Gasteiger partial charge in [-0.25, -0.2) is 4.98 Å². The van der Waals surface area contributed by atoms with Crippen LogP contribution in [0, 0.1) is 13.8 Å². The van der Waals surface area contributed by atoms with E-state index < -0.39 is 5.41 Å². The smallest absolute Gasteiger partial charge is 0.128 e.